The number of hydrogen-bond acceptors (Lipinski definition) is 0. The Morgan fingerprint density at radius 3 is 1.45 bits per heavy atom. The molecule has 220 valence electrons. The maximum atomic E-state index is 6.66. The van der Waals surface area contributed by atoms with Crippen molar-refractivity contribution < 1.29 is 0 Å². The summed E-state index contributed by atoms with van der Waals surface area (Å²) in [6.45, 7) is 0. The largest absolute Gasteiger partial charge is 0.309 e. The van der Waals surface area contributed by atoms with Gasteiger partial charge in [-0.25, -0.2) is 0 Å². The fourth-order valence-corrected chi connectivity index (χ4v) is 7.89. The zero-order chi connectivity index (χ0) is 32.8. The molecule has 0 saturated heterocycles. The molecular formula is C44H25B3N2. The van der Waals surface area contributed by atoms with E-state index in [0.29, 0.717) is 0 Å². The van der Waals surface area contributed by atoms with Gasteiger partial charge < -0.3 is 9.13 Å². The van der Waals surface area contributed by atoms with Gasteiger partial charge in [0, 0.05) is 32.6 Å². The molecule has 0 atom stereocenters. The molecule has 0 spiro atoms. The Bertz CT molecular complexity index is 2970. The second kappa shape index (κ2) is 10.5. The van der Waals surface area contributed by atoms with Crippen LogP contribution in [0.1, 0.15) is 0 Å². The third-order valence-corrected chi connectivity index (χ3v) is 10.1. The first-order valence-corrected chi connectivity index (χ1v) is 16.5. The van der Waals surface area contributed by atoms with E-state index >= 15 is 0 Å². The van der Waals surface area contributed by atoms with E-state index in [-0.39, 0.29) is 0 Å². The van der Waals surface area contributed by atoms with Gasteiger partial charge in [-0.15, -0.1) is 0 Å². The van der Waals surface area contributed by atoms with Gasteiger partial charge in [0.15, 0.2) is 0 Å². The molecule has 6 radical (unpaired) electrons. The van der Waals surface area contributed by atoms with Gasteiger partial charge in [-0.1, -0.05) is 113 Å². The third kappa shape index (κ3) is 4.18. The van der Waals surface area contributed by atoms with Crippen LogP contribution >= 0.6 is 0 Å². The first-order chi connectivity index (χ1) is 24.0. The second-order valence-electron chi connectivity index (χ2n) is 12.9. The summed E-state index contributed by atoms with van der Waals surface area (Å²) < 4.78 is 4.66. The number of hydrogen-bond donors (Lipinski definition) is 0. The van der Waals surface area contributed by atoms with E-state index in [0.717, 1.165) is 98.7 Å². The van der Waals surface area contributed by atoms with Gasteiger partial charge in [-0.3, -0.25) is 0 Å². The minimum atomic E-state index is 0.734. The van der Waals surface area contributed by atoms with Crippen LogP contribution in [0.25, 0.3) is 87.7 Å². The maximum Gasteiger partial charge on any atom is 0.114 e. The van der Waals surface area contributed by atoms with Gasteiger partial charge in [-0.05, 0) is 81.9 Å². The maximum absolute atomic E-state index is 6.66. The molecule has 0 saturated carbocycles. The summed E-state index contributed by atoms with van der Waals surface area (Å²) in [6, 6.07) is 53.3. The van der Waals surface area contributed by atoms with E-state index in [4.69, 9.17) is 23.5 Å². The van der Waals surface area contributed by atoms with E-state index < -0.39 is 0 Å². The summed E-state index contributed by atoms with van der Waals surface area (Å²) in [6.07, 6.45) is 0. The monoisotopic (exact) mass is 614 g/mol. The van der Waals surface area contributed by atoms with Crippen LogP contribution in [0.15, 0.2) is 152 Å². The average Bonchev–Trinajstić information content (AvgIpc) is 3.63. The Morgan fingerprint density at radius 1 is 0.327 bits per heavy atom. The van der Waals surface area contributed by atoms with Crippen molar-refractivity contribution in [3.8, 4) is 22.5 Å². The van der Waals surface area contributed by atoms with Gasteiger partial charge in [0.05, 0.1) is 27.8 Å². The van der Waals surface area contributed by atoms with Crippen molar-refractivity contribution in [2.45, 2.75) is 0 Å². The Hall–Kier alpha value is -5.93. The minimum absolute atomic E-state index is 0.734. The molecule has 0 fully saturated rings. The molecule has 2 nitrogen and oxygen atoms in total. The summed E-state index contributed by atoms with van der Waals surface area (Å²) in [5.41, 5.74) is 11.2. The number of aromatic nitrogens is 2. The van der Waals surface area contributed by atoms with Crippen LogP contribution in [0.5, 0.6) is 0 Å². The lowest BCUT2D eigenvalue weighted by atomic mass is 9.86. The smallest absolute Gasteiger partial charge is 0.114 e. The first kappa shape index (κ1) is 28.1. The van der Waals surface area contributed by atoms with Gasteiger partial charge in [0.25, 0.3) is 0 Å². The quantitative estimate of drug-likeness (QED) is 0.140. The van der Waals surface area contributed by atoms with E-state index in [1.807, 2.05) is 24.3 Å². The first-order valence-electron chi connectivity index (χ1n) is 16.5. The second-order valence-corrected chi connectivity index (χ2v) is 12.9. The molecule has 0 amide bonds. The summed E-state index contributed by atoms with van der Waals surface area (Å²) in [5.74, 6) is 0. The summed E-state index contributed by atoms with van der Waals surface area (Å²) in [7, 11) is 19.4. The number of para-hydroxylation sites is 1. The molecule has 0 aliphatic rings. The van der Waals surface area contributed by atoms with Crippen molar-refractivity contribution in [2.24, 2.45) is 0 Å². The van der Waals surface area contributed by atoms with Crippen LogP contribution in [-0.2, 0) is 0 Å². The van der Waals surface area contributed by atoms with Crippen molar-refractivity contribution in [1.82, 2.24) is 9.13 Å². The van der Waals surface area contributed by atoms with Crippen LogP contribution in [0.2, 0.25) is 0 Å². The van der Waals surface area contributed by atoms with Crippen LogP contribution in [0.3, 0.4) is 0 Å². The highest BCUT2D eigenvalue weighted by Gasteiger charge is 2.18. The fraction of sp³-hybridized carbons (Fsp3) is 0. The van der Waals surface area contributed by atoms with Crippen LogP contribution in [-0.4, -0.2) is 32.7 Å². The standard InChI is InChI=1S/C44H25B3N2/c45-28-15-19-42-36(23-28)34-21-26(13-17-41(34)48(42)30-7-2-1-3-8-30)27-14-18-43-35(22-27)37-24-29(46)16-20-44(37)49(43)40-12-6-11-32-31-9-4-5-10-33(31)39(47)25-38(32)40/h1-25H. The highest BCUT2D eigenvalue weighted by atomic mass is 15.0. The highest BCUT2D eigenvalue weighted by molar-refractivity contribution is 6.41. The van der Waals surface area contributed by atoms with Crippen molar-refractivity contribution in [1.29, 1.82) is 0 Å². The number of nitrogens with zero attached hydrogens (tertiary/aromatic N) is 2. The predicted molar refractivity (Wildman–Crippen MR) is 212 cm³/mol. The van der Waals surface area contributed by atoms with Crippen LogP contribution in [0, 0.1) is 0 Å². The molecule has 0 unspecified atom stereocenters. The van der Waals surface area contributed by atoms with Crippen molar-refractivity contribution in [3.05, 3.63) is 152 Å². The van der Waals surface area contributed by atoms with Crippen molar-refractivity contribution in [3.63, 3.8) is 0 Å². The molecule has 8 aromatic carbocycles. The lowest BCUT2D eigenvalue weighted by Crippen LogP contribution is -2.06. The summed E-state index contributed by atoms with van der Waals surface area (Å²) in [4.78, 5) is 0. The number of benzene rings is 8. The fourth-order valence-electron chi connectivity index (χ4n) is 7.89. The summed E-state index contributed by atoms with van der Waals surface area (Å²) >= 11 is 0. The molecule has 5 heteroatoms. The zero-order valence-electron chi connectivity index (χ0n) is 26.6. The van der Waals surface area contributed by atoms with Gasteiger partial charge >= 0.3 is 0 Å². The number of rotatable bonds is 3. The van der Waals surface area contributed by atoms with Crippen LogP contribution in [0.4, 0.5) is 0 Å². The Balaban J connectivity index is 1.22. The van der Waals surface area contributed by atoms with Crippen molar-refractivity contribution >= 4 is 105 Å². The SMILES string of the molecule is [B]c1ccc2c(c1)c1cc(-c3ccc4c(c3)c3cc([B])ccc3n4-c3cccc4c3cc([B])c3ccccc34)ccc1n2-c1ccccc1. The van der Waals surface area contributed by atoms with Gasteiger partial charge in [0.2, 0.25) is 0 Å². The highest BCUT2D eigenvalue weighted by Crippen LogP contribution is 2.39. The minimum Gasteiger partial charge on any atom is -0.309 e. The summed E-state index contributed by atoms with van der Waals surface area (Å²) in [5, 5.41) is 9.05. The predicted octanol–water partition coefficient (Wildman–Crippen LogP) is 8.24. The molecule has 10 rings (SSSR count). The van der Waals surface area contributed by atoms with Gasteiger partial charge in [-0.2, -0.15) is 0 Å². The molecule has 0 bridgehead atoms. The molecule has 0 aliphatic carbocycles. The van der Waals surface area contributed by atoms with Gasteiger partial charge in [0.1, 0.15) is 23.5 Å². The molecular weight excluding hydrogens is 589 g/mol. The lowest BCUT2D eigenvalue weighted by Gasteiger charge is -2.15. The normalized spacial score (nSPS) is 11.9. The zero-order valence-corrected chi connectivity index (χ0v) is 26.6. The topological polar surface area (TPSA) is 9.86 Å². The molecule has 10 aromatic rings. The van der Waals surface area contributed by atoms with Crippen molar-refractivity contribution in [2.75, 3.05) is 0 Å². The van der Waals surface area contributed by atoms with E-state index in [2.05, 4.69) is 137 Å². The third-order valence-electron chi connectivity index (χ3n) is 10.1. The molecule has 0 N–H and O–H groups in total. The average molecular weight is 614 g/mol. The van der Waals surface area contributed by atoms with Crippen LogP contribution < -0.4 is 16.4 Å². The molecule has 2 aromatic heterocycles. The Morgan fingerprint density at radius 2 is 0.816 bits per heavy atom. The lowest BCUT2D eigenvalue weighted by molar-refractivity contribution is 1.18. The van der Waals surface area contributed by atoms with E-state index in [9.17, 15) is 0 Å². The van der Waals surface area contributed by atoms with E-state index in [1.165, 1.54) is 5.39 Å². The Labute approximate surface area is 287 Å². The van der Waals surface area contributed by atoms with E-state index in [1.54, 1.807) is 0 Å². The molecule has 49 heavy (non-hydrogen) atoms. The Kier molecular flexibility index (Phi) is 6.05. The number of fused-ring (bicyclic) bond motifs is 9. The molecule has 0 aliphatic heterocycles. The molecule has 2 heterocycles.